The Hall–Kier alpha value is -3.12. The van der Waals surface area contributed by atoms with Gasteiger partial charge < -0.3 is 14.7 Å². The molecule has 1 aliphatic carbocycles. The summed E-state index contributed by atoms with van der Waals surface area (Å²) in [6.45, 7) is 4.85. The lowest BCUT2D eigenvalue weighted by molar-refractivity contribution is 0.551. The molecule has 30 heavy (non-hydrogen) atoms. The third kappa shape index (κ3) is 2.82. The first-order valence-corrected chi connectivity index (χ1v) is 10.7. The van der Waals surface area contributed by atoms with Crippen LogP contribution in [0.3, 0.4) is 0 Å². The molecule has 0 radical (unpaired) electrons. The van der Waals surface area contributed by atoms with E-state index in [-0.39, 0.29) is 0 Å². The van der Waals surface area contributed by atoms with Crippen LogP contribution in [-0.2, 0) is 13.0 Å². The van der Waals surface area contributed by atoms with Crippen LogP contribution in [0.15, 0.2) is 64.0 Å². The Labute approximate surface area is 183 Å². The van der Waals surface area contributed by atoms with Gasteiger partial charge in [0.05, 0.1) is 19.1 Å². The van der Waals surface area contributed by atoms with Crippen molar-refractivity contribution >= 4 is 32.8 Å². The van der Waals surface area contributed by atoms with Crippen LogP contribution in [-0.4, -0.2) is 14.5 Å². The van der Waals surface area contributed by atoms with Crippen molar-refractivity contribution in [2.45, 2.75) is 26.8 Å². The molecule has 0 unspecified atom stereocenters. The van der Waals surface area contributed by atoms with E-state index in [4.69, 9.17) is 15.1 Å². The van der Waals surface area contributed by atoms with Gasteiger partial charge in [0.1, 0.15) is 11.3 Å². The van der Waals surface area contributed by atoms with Crippen molar-refractivity contribution < 1.29 is 4.42 Å². The van der Waals surface area contributed by atoms with Crippen LogP contribution < -0.4 is 5.73 Å². The van der Waals surface area contributed by atoms with Gasteiger partial charge in [0.2, 0.25) is 0 Å². The van der Waals surface area contributed by atoms with Gasteiger partial charge in [0.25, 0.3) is 0 Å². The predicted molar refractivity (Wildman–Crippen MR) is 124 cm³/mol. The molecule has 0 saturated heterocycles. The number of anilines is 1. The van der Waals surface area contributed by atoms with Crippen LogP contribution >= 0.6 is 15.9 Å². The normalized spacial score (nSPS) is 11.6. The van der Waals surface area contributed by atoms with Crippen molar-refractivity contribution in [3.8, 4) is 22.3 Å². The molecule has 0 bridgehead atoms. The van der Waals surface area contributed by atoms with Gasteiger partial charge in [-0.25, -0.2) is 9.97 Å². The van der Waals surface area contributed by atoms with E-state index in [1.54, 1.807) is 12.5 Å². The van der Waals surface area contributed by atoms with Gasteiger partial charge >= 0.3 is 0 Å². The van der Waals surface area contributed by atoms with E-state index in [0.29, 0.717) is 6.54 Å². The Balaban J connectivity index is 1.79. The second-order valence-corrected chi connectivity index (χ2v) is 8.20. The molecule has 0 saturated carbocycles. The number of aromatic nitrogens is 3. The highest BCUT2D eigenvalue weighted by molar-refractivity contribution is 9.10. The molecule has 2 aromatic heterocycles. The SMILES string of the molecule is CCc1nc2c(C)ccnc2n1Cc1c2ccocc-2c(Br)c1-c1ccccc1N. The highest BCUT2D eigenvalue weighted by atomic mass is 79.9. The zero-order valence-corrected chi connectivity index (χ0v) is 18.4. The number of rotatable bonds is 4. The standard InChI is InChI=1S/C24H21BrN4O/c1-3-20-28-23-14(2)8-10-27-24(23)29(20)12-17-15-9-11-30-13-18(15)22(25)21(17)16-6-4-5-7-19(16)26/h4-11,13H,3,12,26H2,1-2H3. The number of aryl methyl sites for hydroxylation is 2. The second-order valence-electron chi connectivity index (χ2n) is 7.41. The minimum Gasteiger partial charge on any atom is -0.472 e. The maximum absolute atomic E-state index is 6.38. The van der Waals surface area contributed by atoms with Crippen LogP contribution in [0, 0.1) is 6.92 Å². The first kappa shape index (κ1) is 18.9. The molecule has 0 spiro atoms. The molecule has 5 rings (SSSR count). The molecule has 0 atom stereocenters. The van der Waals surface area contributed by atoms with Gasteiger partial charge in [0, 0.05) is 39.5 Å². The first-order chi connectivity index (χ1) is 14.6. The minimum atomic E-state index is 0.645. The number of hydrogen-bond donors (Lipinski definition) is 1. The van der Waals surface area contributed by atoms with E-state index in [0.717, 1.165) is 61.4 Å². The summed E-state index contributed by atoms with van der Waals surface area (Å²) >= 11 is 3.82. The van der Waals surface area contributed by atoms with E-state index < -0.39 is 0 Å². The van der Waals surface area contributed by atoms with Crippen molar-refractivity contribution in [3.05, 3.63) is 76.5 Å². The predicted octanol–water partition coefficient (Wildman–Crippen LogP) is 6.06. The molecule has 2 N–H and O–H groups in total. The Morgan fingerprint density at radius 1 is 1.10 bits per heavy atom. The van der Waals surface area contributed by atoms with Gasteiger partial charge in [-0.15, -0.1) is 0 Å². The molecule has 0 fully saturated rings. The lowest BCUT2D eigenvalue weighted by Gasteiger charge is -2.13. The average molecular weight is 461 g/mol. The monoisotopic (exact) mass is 460 g/mol. The number of benzene rings is 1. The van der Waals surface area contributed by atoms with Gasteiger partial charge in [-0.05, 0) is 57.7 Å². The van der Waals surface area contributed by atoms with Crippen molar-refractivity contribution in [1.29, 1.82) is 0 Å². The highest BCUT2D eigenvalue weighted by Crippen LogP contribution is 2.47. The first-order valence-electron chi connectivity index (χ1n) is 9.92. The number of hydrogen-bond acceptors (Lipinski definition) is 4. The lowest BCUT2D eigenvalue weighted by atomic mass is 10.0. The number of nitrogen functional groups attached to an aromatic ring is 1. The molecule has 6 heteroatoms. The van der Waals surface area contributed by atoms with Crippen LogP contribution in [0.4, 0.5) is 5.69 Å². The fraction of sp³-hybridized carbons (Fsp3) is 0.167. The van der Waals surface area contributed by atoms with E-state index in [1.807, 2.05) is 36.5 Å². The summed E-state index contributed by atoms with van der Waals surface area (Å²) in [4.78, 5) is 9.54. The molecule has 1 aromatic carbocycles. The summed E-state index contributed by atoms with van der Waals surface area (Å²) in [7, 11) is 0. The summed E-state index contributed by atoms with van der Waals surface area (Å²) < 4.78 is 8.68. The van der Waals surface area contributed by atoms with E-state index in [9.17, 15) is 0 Å². The smallest absolute Gasteiger partial charge is 0.160 e. The van der Waals surface area contributed by atoms with Crippen molar-refractivity contribution in [1.82, 2.24) is 14.5 Å². The number of imidazole rings is 1. The average Bonchev–Trinajstić information content (AvgIpc) is 3.26. The summed E-state index contributed by atoms with van der Waals surface area (Å²) in [5.74, 6) is 1.02. The maximum Gasteiger partial charge on any atom is 0.160 e. The molecule has 150 valence electrons. The molecule has 3 aromatic rings. The van der Waals surface area contributed by atoms with Crippen LogP contribution in [0.2, 0.25) is 0 Å². The zero-order chi connectivity index (χ0) is 20.8. The number of pyridine rings is 1. The van der Waals surface area contributed by atoms with Crippen LogP contribution in [0.25, 0.3) is 33.4 Å². The van der Waals surface area contributed by atoms with Crippen molar-refractivity contribution in [2.75, 3.05) is 5.73 Å². The number of nitrogens with two attached hydrogens (primary N) is 1. The third-order valence-corrected chi connectivity index (χ3v) is 6.47. The molecule has 0 amide bonds. The Morgan fingerprint density at radius 3 is 2.73 bits per heavy atom. The quantitative estimate of drug-likeness (QED) is 0.331. The number of nitrogens with zero attached hydrogens (tertiary/aromatic N) is 3. The van der Waals surface area contributed by atoms with E-state index in [2.05, 4.69) is 45.4 Å². The second kappa shape index (κ2) is 7.29. The molecule has 3 heterocycles. The van der Waals surface area contributed by atoms with Crippen LogP contribution in [0.5, 0.6) is 0 Å². The largest absolute Gasteiger partial charge is 0.472 e. The molecule has 5 nitrogen and oxygen atoms in total. The fourth-order valence-electron chi connectivity index (χ4n) is 4.15. The van der Waals surface area contributed by atoms with Gasteiger partial charge in [-0.1, -0.05) is 25.1 Å². The molecule has 1 aliphatic heterocycles. The molecular formula is C24H21BrN4O. The number of fused-ring (bicyclic) bond motifs is 2. The lowest BCUT2D eigenvalue weighted by Crippen LogP contribution is -2.06. The Kier molecular flexibility index (Phi) is 4.59. The van der Waals surface area contributed by atoms with E-state index >= 15 is 0 Å². The summed E-state index contributed by atoms with van der Waals surface area (Å²) in [6.07, 6.45) is 6.17. The molecule has 2 aliphatic rings. The Bertz CT molecular complexity index is 1350. The minimum absolute atomic E-state index is 0.645. The summed E-state index contributed by atoms with van der Waals surface area (Å²) in [6, 6.07) is 12.0. The van der Waals surface area contributed by atoms with Gasteiger partial charge in [-0.2, -0.15) is 0 Å². The Morgan fingerprint density at radius 2 is 1.93 bits per heavy atom. The maximum atomic E-state index is 6.38. The molecular weight excluding hydrogens is 440 g/mol. The van der Waals surface area contributed by atoms with Crippen LogP contribution in [0.1, 0.15) is 23.9 Å². The topological polar surface area (TPSA) is 69.9 Å². The number of para-hydroxylation sites is 1. The third-order valence-electron chi connectivity index (χ3n) is 5.65. The zero-order valence-electron chi connectivity index (χ0n) is 16.8. The summed E-state index contributed by atoms with van der Waals surface area (Å²) in [5.41, 5.74) is 15.5. The van der Waals surface area contributed by atoms with E-state index in [1.165, 1.54) is 5.56 Å². The van der Waals surface area contributed by atoms with Gasteiger partial charge in [-0.3, -0.25) is 0 Å². The van der Waals surface area contributed by atoms with Crippen molar-refractivity contribution in [3.63, 3.8) is 0 Å². The fourth-order valence-corrected chi connectivity index (χ4v) is 4.91. The highest BCUT2D eigenvalue weighted by Gasteiger charge is 2.26. The van der Waals surface area contributed by atoms with Crippen molar-refractivity contribution in [2.24, 2.45) is 0 Å². The van der Waals surface area contributed by atoms with Gasteiger partial charge in [0.15, 0.2) is 5.65 Å². The number of halogens is 1. The summed E-state index contributed by atoms with van der Waals surface area (Å²) in [5, 5.41) is 0.